The van der Waals surface area contributed by atoms with Gasteiger partial charge in [0.05, 0.1) is 10.4 Å². The van der Waals surface area contributed by atoms with E-state index >= 15 is 0 Å². The van der Waals surface area contributed by atoms with Gasteiger partial charge in [-0.1, -0.05) is 6.07 Å². The van der Waals surface area contributed by atoms with Crippen molar-refractivity contribution < 1.29 is 14.0 Å². The van der Waals surface area contributed by atoms with Crippen LogP contribution in [0.1, 0.15) is 20.0 Å². The SMILES string of the molecule is O=C(Nc1ccc2oc(=O)[nH]c2c1)c1ccc(NC(=O)c2cccs2)cc1. The third-order valence-electron chi connectivity index (χ3n) is 3.83. The van der Waals surface area contributed by atoms with Crippen LogP contribution in [0.4, 0.5) is 11.4 Å². The van der Waals surface area contributed by atoms with Crippen molar-refractivity contribution in [1.29, 1.82) is 0 Å². The molecule has 7 nitrogen and oxygen atoms in total. The van der Waals surface area contributed by atoms with Gasteiger partial charge in [-0.15, -0.1) is 11.3 Å². The van der Waals surface area contributed by atoms with Crippen LogP contribution in [0.3, 0.4) is 0 Å². The number of hydrogen-bond donors (Lipinski definition) is 3. The van der Waals surface area contributed by atoms with Gasteiger partial charge in [0.2, 0.25) is 0 Å². The standard InChI is InChI=1S/C19H13N3O4S/c23-17(21-13-7-8-15-14(10-13)22-19(25)26-15)11-3-5-12(6-4-11)20-18(24)16-2-1-9-27-16/h1-10H,(H,20,24)(H,21,23)(H,22,25). The Labute approximate surface area is 156 Å². The van der Waals surface area contributed by atoms with Crippen molar-refractivity contribution in [2.24, 2.45) is 0 Å². The molecule has 0 atom stereocenters. The van der Waals surface area contributed by atoms with E-state index in [1.807, 2.05) is 11.4 Å². The van der Waals surface area contributed by atoms with Crippen LogP contribution in [-0.2, 0) is 0 Å². The number of anilines is 2. The minimum absolute atomic E-state index is 0.190. The van der Waals surface area contributed by atoms with E-state index in [1.165, 1.54) is 11.3 Å². The maximum atomic E-state index is 12.4. The van der Waals surface area contributed by atoms with Crippen molar-refractivity contribution in [1.82, 2.24) is 4.98 Å². The number of aromatic nitrogens is 1. The van der Waals surface area contributed by atoms with Crippen LogP contribution in [0.25, 0.3) is 11.1 Å². The zero-order chi connectivity index (χ0) is 18.8. The fourth-order valence-electron chi connectivity index (χ4n) is 2.54. The van der Waals surface area contributed by atoms with E-state index in [-0.39, 0.29) is 11.8 Å². The fourth-order valence-corrected chi connectivity index (χ4v) is 3.16. The van der Waals surface area contributed by atoms with Gasteiger partial charge in [0, 0.05) is 16.9 Å². The maximum Gasteiger partial charge on any atom is 0.417 e. The molecule has 4 rings (SSSR count). The molecule has 0 spiro atoms. The highest BCUT2D eigenvalue weighted by atomic mass is 32.1. The Balaban J connectivity index is 1.45. The van der Waals surface area contributed by atoms with Crippen molar-refractivity contribution in [3.8, 4) is 0 Å². The molecule has 0 bridgehead atoms. The molecule has 0 saturated carbocycles. The van der Waals surface area contributed by atoms with Gasteiger partial charge in [-0.05, 0) is 53.9 Å². The molecule has 2 heterocycles. The summed E-state index contributed by atoms with van der Waals surface area (Å²) >= 11 is 1.36. The first-order valence-electron chi connectivity index (χ1n) is 7.98. The smallest absolute Gasteiger partial charge is 0.408 e. The fraction of sp³-hybridized carbons (Fsp3) is 0. The Hall–Kier alpha value is -3.65. The summed E-state index contributed by atoms with van der Waals surface area (Å²) in [4.78, 5) is 38.8. The second-order valence-corrected chi connectivity index (χ2v) is 6.64. The highest BCUT2D eigenvalue weighted by Gasteiger charge is 2.10. The predicted octanol–water partition coefficient (Wildman–Crippen LogP) is 3.69. The first-order valence-corrected chi connectivity index (χ1v) is 8.85. The Morgan fingerprint density at radius 1 is 0.926 bits per heavy atom. The van der Waals surface area contributed by atoms with Crippen LogP contribution < -0.4 is 16.4 Å². The lowest BCUT2D eigenvalue weighted by atomic mass is 10.2. The maximum absolute atomic E-state index is 12.4. The molecule has 8 heteroatoms. The van der Waals surface area contributed by atoms with Gasteiger partial charge >= 0.3 is 5.76 Å². The number of rotatable bonds is 4. The van der Waals surface area contributed by atoms with Crippen LogP contribution in [0.15, 0.2) is 69.2 Å². The number of carbonyl (C=O) groups is 2. The second-order valence-electron chi connectivity index (χ2n) is 5.69. The largest absolute Gasteiger partial charge is 0.417 e. The summed E-state index contributed by atoms with van der Waals surface area (Å²) in [5.74, 6) is -1.05. The summed E-state index contributed by atoms with van der Waals surface area (Å²) in [6.07, 6.45) is 0. The van der Waals surface area contributed by atoms with E-state index in [9.17, 15) is 14.4 Å². The van der Waals surface area contributed by atoms with Crippen molar-refractivity contribution >= 4 is 45.6 Å². The van der Waals surface area contributed by atoms with Crippen LogP contribution in [0, 0.1) is 0 Å². The lowest BCUT2D eigenvalue weighted by molar-refractivity contribution is 0.102. The Bertz CT molecular complexity index is 1170. The number of H-pyrrole nitrogens is 1. The van der Waals surface area contributed by atoms with Crippen molar-refractivity contribution in [2.45, 2.75) is 0 Å². The molecule has 0 fully saturated rings. The lowest BCUT2D eigenvalue weighted by Gasteiger charge is -2.07. The van der Waals surface area contributed by atoms with Gasteiger partial charge in [0.25, 0.3) is 11.8 Å². The van der Waals surface area contributed by atoms with E-state index in [1.54, 1.807) is 48.5 Å². The molecule has 3 N–H and O–H groups in total. The third-order valence-corrected chi connectivity index (χ3v) is 4.70. The summed E-state index contributed by atoms with van der Waals surface area (Å²) in [5, 5.41) is 7.36. The molecular weight excluding hydrogens is 366 g/mol. The Kier molecular flexibility index (Phi) is 4.31. The summed E-state index contributed by atoms with van der Waals surface area (Å²) < 4.78 is 4.93. The zero-order valence-corrected chi connectivity index (χ0v) is 14.6. The van der Waals surface area contributed by atoms with Crippen LogP contribution >= 0.6 is 11.3 Å². The van der Waals surface area contributed by atoms with Crippen molar-refractivity contribution in [2.75, 3.05) is 10.6 Å². The number of nitrogens with one attached hydrogen (secondary N) is 3. The lowest BCUT2D eigenvalue weighted by Crippen LogP contribution is -2.13. The average molecular weight is 379 g/mol. The highest BCUT2D eigenvalue weighted by Crippen LogP contribution is 2.18. The van der Waals surface area contributed by atoms with E-state index in [2.05, 4.69) is 15.6 Å². The van der Waals surface area contributed by atoms with Crippen LogP contribution in [0.5, 0.6) is 0 Å². The summed E-state index contributed by atoms with van der Waals surface area (Å²) in [7, 11) is 0. The van der Waals surface area contributed by atoms with Crippen LogP contribution in [-0.4, -0.2) is 16.8 Å². The van der Waals surface area contributed by atoms with Gasteiger partial charge in [-0.25, -0.2) is 4.79 Å². The molecule has 0 aliphatic heterocycles. The Morgan fingerprint density at radius 3 is 2.41 bits per heavy atom. The zero-order valence-electron chi connectivity index (χ0n) is 13.8. The summed E-state index contributed by atoms with van der Waals surface area (Å²) in [6.45, 7) is 0. The molecule has 4 aromatic rings. The van der Waals surface area contributed by atoms with Gasteiger partial charge in [-0.2, -0.15) is 0 Å². The number of thiophene rings is 1. The molecule has 0 saturated heterocycles. The molecule has 134 valence electrons. The second kappa shape index (κ2) is 6.93. The van der Waals surface area contributed by atoms with Gasteiger partial charge in [0.1, 0.15) is 0 Å². The highest BCUT2D eigenvalue weighted by molar-refractivity contribution is 7.12. The number of benzene rings is 2. The number of fused-ring (bicyclic) bond motifs is 1. The van der Waals surface area contributed by atoms with Crippen molar-refractivity contribution in [3.05, 3.63) is 81.0 Å². The number of carbonyl (C=O) groups excluding carboxylic acids is 2. The molecule has 0 aliphatic carbocycles. The quantitative estimate of drug-likeness (QED) is 0.503. The Morgan fingerprint density at radius 2 is 1.67 bits per heavy atom. The number of oxazole rings is 1. The molecule has 0 unspecified atom stereocenters. The number of amides is 2. The van der Waals surface area contributed by atoms with E-state index < -0.39 is 5.76 Å². The molecule has 0 aliphatic rings. The van der Waals surface area contributed by atoms with Gasteiger partial charge in [-0.3, -0.25) is 14.6 Å². The van der Waals surface area contributed by atoms with Crippen molar-refractivity contribution in [3.63, 3.8) is 0 Å². The summed E-state index contributed by atoms with van der Waals surface area (Å²) in [6, 6.07) is 15.0. The molecule has 27 heavy (non-hydrogen) atoms. The predicted molar refractivity (Wildman–Crippen MR) is 104 cm³/mol. The number of hydrogen-bond acceptors (Lipinski definition) is 5. The monoisotopic (exact) mass is 379 g/mol. The van der Waals surface area contributed by atoms with Gasteiger partial charge < -0.3 is 15.1 Å². The molecule has 0 radical (unpaired) electrons. The normalized spacial score (nSPS) is 10.7. The summed E-state index contributed by atoms with van der Waals surface area (Å²) in [5.41, 5.74) is 2.49. The molecular formula is C19H13N3O4S. The first-order chi connectivity index (χ1) is 13.1. The molecule has 2 aromatic carbocycles. The first kappa shape index (κ1) is 16.8. The minimum atomic E-state index is -0.548. The van der Waals surface area contributed by atoms with E-state index in [0.29, 0.717) is 32.9 Å². The minimum Gasteiger partial charge on any atom is -0.408 e. The average Bonchev–Trinajstić information content (AvgIpc) is 3.30. The molecule has 2 amide bonds. The van der Waals surface area contributed by atoms with Crippen LogP contribution in [0.2, 0.25) is 0 Å². The van der Waals surface area contributed by atoms with E-state index in [0.717, 1.165) is 0 Å². The third kappa shape index (κ3) is 3.65. The topological polar surface area (TPSA) is 104 Å². The molecule has 2 aromatic heterocycles. The van der Waals surface area contributed by atoms with Gasteiger partial charge in [0.15, 0.2) is 5.58 Å². The van der Waals surface area contributed by atoms with E-state index in [4.69, 9.17) is 4.42 Å². The number of aromatic amines is 1.